The molecule has 0 fully saturated rings. The normalized spacial score (nSPS) is 12.4. The van der Waals surface area contributed by atoms with Crippen LogP contribution in [-0.4, -0.2) is 28.3 Å². The number of aryl methyl sites for hydroxylation is 2. The predicted octanol–water partition coefficient (Wildman–Crippen LogP) is 4.41. The number of nitrogens with one attached hydrogen (secondary N) is 2. The highest BCUT2D eigenvalue weighted by molar-refractivity contribution is 7.80. The molecule has 0 saturated heterocycles. The number of benzene rings is 2. The highest BCUT2D eigenvalue weighted by atomic mass is 32.1. The molecule has 3 aromatic rings. The van der Waals surface area contributed by atoms with Gasteiger partial charge in [-0.05, 0) is 72.3 Å². The molecule has 0 atom stereocenters. The average Bonchev–Trinajstić information content (AvgIpc) is 3.23. The Labute approximate surface area is 193 Å². The summed E-state index contributed by atoms with van der Waals surface area (Å²) < 4.78 is 10.9. The second kappa shape index (κ2) is 9.20. The average molecular weight is 452 g/mol. The highest BCUT2D eigenvalue weighted by Gasteiger charge is 2.18. The first-order valence-corrected chi connectivity index (χ1v) is 11.3. The molecular formula is C25H29N3O3S. The maximum atomic E-state index is 12.9. The minimum atomic E-state index is -0.0893. The Hall–Kier alpha value is -3.06. The molecule has 1 aliphatic rings. The summed E-state index contributed by atoms with van der Waals surface area (Å²) in [5.74, 6) is 1.94. The van der Waals surface area contributed by atoms with Crippen molar-refractivity contribution in [2.75, 3.05) is 13.3 Å². The van der Waals surface area contributed by atoms with Crippen LogP contribution in [0.4, 0.5) is 0 Å². The maximum absolute atomic E-state index is 12.9. The summed E-state index contributed by atoms with van der Waals surface area (Å²) in [5, 5.41) is 4.98. The van der Waals surface area contributed by atoms with E-state index in [2.05, 4.69) is 36.3 Å². The van der Waals surface area contributed by atoms with Crippen LogP contribution in [0.5, 0.6) is 11.5 Å². The number of aromatic amines is 1. The molecule has 0 bridgehead atoms. The summed E-state index contributed by atoms with van der Waals surface area (Å²) in [5.41, 5.74) is 4.76. The van der Waals surface area contributed by atoms with Crippen LogP contribution in [0.15, 0.2) is 41.2 Å². The van der Waals surface area contributed by atoms with Gasteiger partial charge in [-0.3, -0.25) is 4.79 Å². The SMILES string of the molecule is Cc1ccc2cc(CN(Cc3ccc4c(c3)OCO4)C(=S)NCC(C)C)c(=O)[nH]c2c1C. The number of hydrogen-bond donors (Lipinski definition) is 2. The van der Waals surface area contributed by atoms with Crippen molar-refractivity contribution in [3.8, 4) is 11.5 Å². The van der Waals surface area contributed by atoms with Gasteiger partial charge in [0.2, 0.25) is 6.79 Å². The third-order valence-electron chi connectivity index (χ3n) is 5.75. The van der Waals surface area contributed by atoms with Gasteiger partial charge < -0.3 is 24.7 Å². The molecular weight excluding hydrogens is 422 g/mol. The highest BCUT2D eigenvalue weighted by Crippen LogP contribution is 2.33. The molecule has 0 radical (unpaired) electrons. The minimum Gasteiger partial charge on any atom is -0.454 e. The molecule has 6 nitrogen and oxygen atoms in total. The van der Waals surface area contributed by atoms with Gasteiger partial charge in [-0.25, -0.2) is 0 Å². The number of thiocarbonyl (C=S) groups is 1. The third-order valence-corrected chi connectivity index (χ3v) is 6.15. The molecule has 32 heavy (non-hydrogen) atoms. The third kappa shape index (κ3) is 4.72. The van der Waals surface area contributed by atoms with E-state index >= 15 is 0 Å². The van der Waals surface area contributed by atoms with Crippen molar-refractivity contribution >= 4 is 28.2 Å². The monoisotopic (exact) mass is 451 g/mol. The molecule has 7 heteroatoms. The Morgan fingerprint density at radius 1 is 1.12 bits per heavy atom. The number of H-pyrrole nitrogens is 1. The lowest BCUT2D eigenvalue weighted by molar-refractivity contribution is 0.174. The van der Waals surface area contributed by atoms with Gasteiger partial charge in [-0.1, -0.05) is 32.0 Å². The number of ether oxygens (including phenoxy) is 2. The van der Waals surface area contributed by atoms with Crippen LogP contribution in [-0.2, 0) is 13.1 Å². The summed E-state index contributed by atoms with van der Waals surface area (Å²) in [7, 11) is 0. The van der Waals surface area contributed by atoms with E-state index in [1.165, 1.54) is 0 Å². The second-order valence-corrected chi connectivity index (χ2v) is 9.11. The van der Waals surface area contributed by atoms with Crippen LogP contribution in [0, 0.1) is 19.8 Å². The first-order valence-electron chi connectivity index (χ1n) is 10.8. The van der Waals surface area contributed by atoms with Gasteiger partial charge in [0.05, 0.1) is 12.1 Å². The molecule has 4 rings (SSSR count). The fourth-order valence-corrected chi connectivity index (χ4v) is 3.97. The van der Waals surface area contributed by atoms with Crippen LogP contribution in [0.25, 0.3) is 10.9 Å². The van der Waals surface area contributed by atoms with Gasteiger partial charge in [-0.2, -0.15) is 0 Å². The molecule has 0 aliphatic carbocycles. The summed E-state index contributed by atoms with van der Waals surface area (Å²) in [4.78, 5) is 18.0. The number of rotatable bonds is 6. The largest absolute Gasteiger partial charge is 0.454 e. The Morgan fingerprint density at radius 2 is 1.91 bits per heavy atom. The number of pyridine rings is 1. The van der Waals surface area contributed by atoms with E-state index < -0.39 is 0 Å². The van der Waals surface area contributed by atoms with Crippen LogP contribution in [0.1, 0.15) is 36.1 Å². The summed E-state index contributed by atoms with van der Waals surface area (Å²) in [6.45, 7) is 10.3. The fourth-order valence-electron chi connectivity index (χ4n) is 3.76. The van der Waals surface area contributed by atoms with E-state index in [0.29, 0.717) is 29.7 Å². The topological polar surface area (TPSA) is 66.6 Å². The zero-order valence-electron chi connectivity index (χ0n) is 19.0. The standard InChI is InChI=1S/C25H29N3O3S/c1-15(2)11-26-25(32)28(12-18-6-8-21-22(9-18)31-14-30-21)13-20-10-19-7-5-16(3)17(4)23(19)27-24(20)29/h5-10,15H,11-14H2,1-4H3,(H,26,32)(H,27,29). The Kier molecular flexibility index (Phi) is 6.37. The second-order valence-electron chi connectivity index (χ2n) is 8.72. The zero-order valence-corrected chi connectivity index (χ0v) is 19.8. The minimum absolute atomic E-state index is 0.0893. The van der Waals surface area contributed by atoms with Crippen LogP contribution < -0.4 is 20.3 Å². The van der Waals surface area contributed by atoms with E-state index in [4.69, 9.17) is 21.7 Å². The number of hydrogen-bond acceptors (Lipinski definition) is 4. The molecule has 0 unspecified atom stereocenters. The fraction of sp³-hybridized carbons (Fsp3) is 0.360. The van der Waals surface area contributed by atoms with E-state index in [1.807, 2.05) is 43.0 Å². The van der Waals surface area contributed by atoms with Gasteiger partial charge in [0, 0.05) is 18.7 Å². The van der Waals surface area contributed by atoms with Crippen LogP contribution in [0.3, 0.4) is 0 Å². The van der Waals surface area contributed by atoms with Gasteiger partial charge >= 0.3 is 0 Å². The van der Waals surface area contributed by atoms with E-state index in [1.54, 1.807) is 0 Å². The van der Waals surface area contributed by atoms with Gasteiger partial charge in [0.15, 0.2) is 16.6 Å². The summed E-state index contributed by atoms with van der Waals surface area (Å²) in [6.07, 6.45) is 0. The molecule has 1 aliphatic heterocycles. The molecule has 0 saturated carbocycles. The van der Waals surface area contributed by atoms with E-state index in [-0.39, 0.29) is 12.4 Å². The van der Waals surface area contributed by atoms with Crippen LogP contribution >= 0.6 is 12.2 Å². The first kappa shape index (κ1) is 22.1. The van der Waals surface area contributed by atoms with Crippen molar-refractivity contribution in [2.24, 2.45) is 5.92 Å². The lowest BCUT2D eigenvalue weighted by Crippen LogP contribution is -2.41. The lowest BCUT2D eigenvalue weighted by Gasteiger charge is -2.27. The first-order chi connectivity index (χ1) is 15.3. The van der Waals surface area contributed by atoms with Crippen molar-refractivity contribution in [2.45, 2.75) is 40.8 Å². The van der Waals surface area contributed by atoms with E-state index in [0.717, 1.165) is 45.6 Å². The molecule has 168 valence electrons. The predicted molar refractivity (Wildman–Crippen MR) is 131 cm³/mol. The van der Waals surface area contributed by atoms with Crippen LogP contribution in [0.2, 0.25) is 0 Å². The van der Waals surface area contributed by atoms with Crippen molar-refractivity contribution < 1.29 is 9.47 Å². The summed E-state index contributed by atoms with van der Waals surface area (Å²) in [6, 6.07) is 12.0. The van der Waals surface area contributed by atoms with Gasteiger partial charge in [0.1, 0.15) is 0 Å². The van der Waals surface area contributed by atoms with Crippen molar-refractivity contribution in [3.05, 3.63) is 69.0 Å². The van der Waals surface area contributed by atoms with Gasteiger partial charge in [-0.15, -0.1) is 0 Å². The number of nitrogens with zero attached hydrogens (tertiary/aromatic N) is 1. The molecule has 2 heterocycles. The summed E-state index contributed by atoms with van der Waals surface area (Å²) >= 11 is 5.72. The van der Waals surface area contributed by atoms with Crippen molar-refractivity contribution in [1.29, 1.82) is 0 Å². The number of aromatic nitrogens is 1. The molecule has 0 spiro atoms. The smallest absolute Gasteiger partial charge is 0.253 e. The quantitative estimate of drug-likeness (QED) is 0.542. The zero-order chi connectivity index (χ0) is 22.8. The Balaban J connectivity index is 1.64. The lowest BCUT2D eigenvalue weighted by atomic mass is 10.0. The van der Waals surface area contributed by atoms with Gasteiger partial charge in [0.25, 0.3) is 5.56 Å². The molecule has 2 N–H and O–H groups in total. The Morgan fingerprint density at radius 3 is 2.69 bits per heavy atom. The van der Waals surface area contributed by atoms with Crippen molar-refractivity contribution in [3.63, 3.8) is 0 Å². The van der Waals surface area contributed by atoms with E-state index in [9.17, 15) is 4.79 Å². The number of fused-ring (bicyclic) bond motifs is 2. The molecule has 1 aromatic heterocycles. The van der Waals surface area contributed by atoms with Crippen molar-refractivity contribution in [1.82, 2.24) is 15.2 Å². The Bertz CT molecular complexity index is 1220. The maximum Gasteiger partial charge on any atom is 0.253 e. The molecule has 2 aromatic carbocycles. The molecule has 0 amide bonds.